The Kier molecular flexibility index (Phi) is 6.52. The second kappa shape index (κ2) is 8.71. The summed E-state index contributed by atoms with van der Waals surface area (Å²) >= 11 is 1.58. The smallest absolute Gasteiger partial charge is 0.243 e. The molecule has 1 amide bonds. The van der Waals surface area contributed by atoms with Crippen molar-refractivity contribution in [1.82, 2.24) is 14.6 Å². The van der Waals surface area contributed by atoms with Crippen LogP contribution in [-0.4, -0.2) is 42.7 Å². The van der Waals surface area contributed by atoms with Crippen LogP contribution in [0.15, 0.2) is 34.5 Å². The number of aromatic nitrogens is 1. The first kappa shape index (κ1) is 21.0. The van der Waals surface area contributed by atoms with Gasteiger partial charge in [0.05, 0.1) is 15.6 Å². The SMILES string of the molecule is Cc1nc(CCNC(=O)[C@H]2CCCN2S(=O)(=O)c2ccc(C(C)C)cc2)cs1. The van der Waals surface area contributed by atoms with Gasteiger partial charge in [-0.15, -0.1) is 11.3 Å². The molecule has 1 aromatic carbocycles. The van der Waals surface area contributed by atoms with Gasteiger partial charge in [0.25, 0.3) is 0 Å². The molecule has 0 spiro atoms. The van der Waals surface area contributed by atoms with Crippen LogP contribution in [0.5, 0.6) is 0 Å². The Balaban J connectivity index is 1.66. The van der Waals surface area contributed by atoms with E-state index in [0.29, 0.717) is 38.3 Å². The van der Waals surface area contributed by atoms with Crippen molar-refractivity contribution in [2.45, 2.75) is 56.9 Å². The number of carbonyl (C=O) groups is 1. The van der Waals surface area contributed by atoms with Gasteiger partial charge in [0.15, 0.2) is 0 Å². The molecule has 1 aliphatic heterocycles. The fourth-order valence-electron chi connectivity index (χ4n) is 3.40. The number of carbonyl (C=O) groups excluding carboxylic acids is 1. The first-order valence-corrected chi connectivity index (χ1v) is 11.9. The van der Waals surface area contributed by atoms with Crippen LogP contribution in [0.4, 0.5) is 0 Å². The third-order valence-electron chi connectivity index (χ3n) is 5.01. The molecule has 0 radical (unpaired) electrons. The number of benzene rings is 1. The molecule has 1 aliphatic rings. The summed E-state index contributed by atoms with van der Waals surface area (Å²) in [6.45, 7) is 6.91. The van der Waals surface area contributed by atoms with E-state index in [4.69, 9.17) is 0 Å². The highest BCUT2D eigenvalue weighted by Gasteiger charge is 2.39. The molecule has 0 aliphatic carbocycles. The Morgan fingerprint density at radius 1 is 1.32 bits per heavy atom. The lowest BCUT2D eigenvalue weighted by Crippen LogP contribution is -2.46. The van der Waals surface area contributed by atoms with Gasteiger partial charge in [0, 0.05) is 24.9 Å². The zero-order valence-electron chi connectivity index (χ0n) is 16.5. The van der Waals surface area contributed by atoms with Crippen molar-refractivity contribution in [2.24, 2.45) is 0 Å². The van der Waals surface area contributed by atoms with E-state index in [-0.39, 0.29) is 10.8 Å². The lowest BCUT2D eigenvalue weighted by Gasteiger charge is -2.23. The van der Waals surface area contributed by atoms with E-state index >= 15 is 0 Å². The van der Waals surface area contributed by atoms with Gasteiger partial charge in [-0.25, -0.2) is 13.4 Å². The molecule has 2 heterocycles. The minimum atomic E-state index is -3.69. The highest BCUT2D eigenvalue weighted by molar-refractivity contribution is 7.89. The predicted octanol–water partition coefficient (Wildman–Crippen LogP) is 3.09. The van der Waals surface area contributed by atoms with E-state index in [0.717, 1.165) is 16.3 Å². The summed E-state index contributed by atoms with van der Waals surface area (Å²) in [5, 5.41) is 5.86. The Morgan fingerprint density at radius 3 is 2.64 bits per heavy atom. The van der Waals surface area contributed by atoms with Gasteiger partial charge in [-0.2, -0.15) is 4.31 Å². The van der Waals surface area contributed by atoms with Gasteiger partial charge in [-0.05, 0) is 43.4 Å². The number of aryl methyl sites for hydroxylation is 1. The van der Waals surface area contributed by atoms with Crippen molar-refractivity contribution >= 4 is 27.3 Å². The molecular weight excluding hydrogens is 394 g/mol. The average molecular weight is 422 g/mol. The van der Waals surface area contributed by atoms with Crippen LogP contribution in [0.25, 0.3) is 0 Å². The molecule has 0 bridgehead atoms. The molecule has 3 rings (SSSR count). The Morgan fingerprint density at radius 2 is 2.04 bits per heavy atom. The second-order valence-electron chi connectivity index (χ2n) is 7.40. The summed E-state index contributed by atoms with van der Waals surface area (Å²) in [4.78, 5) is 17.3. The van der Waals surface area contributed by atoms with Crippen molar-refractivity contribution in [1.29, 1.82) is 0 Å². The van der Waals surface area contributed by atoms with E-state index in [1.54, 1.807) is 23.5 Å². The fourth-order valence-corrected chi connectivity index (χ4v) is 5.71. The second-order valence-corrected chi connectivity index (χ2v) is 10.3. The average Bonchev–Trinajstić information content (AvgIpc) is 3.31. The maximum absolute atomic E-state index is 13.1. The highest BCUT2D eigenvalue weighted by Crippen LogP contribution is 2.27. The van der Waals surface area contributed by atoms with Crippen LogP contribution < -0.4 is 5.32 Å². The topological polar surface area (TPSA) is 79.4 Å². The van der Waals surface area contributed by atoms with Crippen LogP contribution in [0.3, 0.4) is 0 Å². The number of nitrogens with one attached hydrogen (secondary N) is 1. The third kappa shape index (κ3) is 4.61. The largest absolute Gasteiger partial charge is 0.354 e. The number of amides is 1. The number of hydrogen-bond donors (Lipinski definition) is 1. The maximum atomic E-state index is 13.1. The number of sulfonamides is 1. The van der Waals surface area contributed by atoms with Gasteiger partial charge in [-0.1, -0.05) is 26.0 Å². The molecule has 0 saturated carbocycles. The molecule has 1 atom stereocenters. The minimum Gasteiger partial charge on any atom is -0.354 e. The number of hydrogen-bond acceptors (Lipinski definition) is 5. The quantitative estimate of drug-likeness (QED) is 0.745. The molecule has 2 aromatic rings. The van der Waals surface area contributed by atoms with E-state index in [2.05, 4.69) is 24.1 Å². The molecule has 1 fully saturated rings. The van der Waals surface area contributed by atoms with Crippen molar-refractivity contribution < 1.29 is 13.2 Å². The monoisotopic (exact) mass is 421 g/mol. The molecule has 0 unspecified atom stereocenters. The number of rotatable bonds is 7. The van der Waals surface area contributed by atoms with Crippen molar-refractivity contribution in [3.63, 3.8) is 0 Å². The summed E-state index contributed by atoms with van der Waals surface area (Å²) < 4.78 is 27.5. The van der Waals surface area contributed by atoms with E-state index in [1.807, 2.05) is 24.4 Å². The first-order chi connectivity index (χ1) is 13.3. The molecule has 1 saturated heterocycles. The van der Waals surface area contributed by atoms with Gasteiger partial charge < -0.3 is 5.32 Å². The van der Waals surface area contributed by atoms with Crippen LogP contribution in [0.1, 0.15) is 48.9 Å². The Bertz CT molecular complexity index is 920. The fraction of sp³-hybridized carbons (Fsp3) is 0.500. The Labute approximate surface area is 171 Å². The lowest BCUT2D eigenvalue weighted by atomic mass is 10.0. The van der Waals surface area contributed by atoms with Crippen molar-refractivity contribution in [3.8, 4) is 0 Å². The Hall–Kier alpha value is -1.77. The first-order valence-electron chi connectivity index (χ1n) is 9.59. The van der Waals surface area contributed by atoms with Crippen LogP contribution in [-0.2, 0) is 21.2 Å². The molecule has 6 nitrogen and oxygen atoms in total. The zero-order valence-corrected chi connectivity index (χ0v) is 18.1. The van der Waals surface area contributed by atoms with Gasteiger partial charge in [0.2, 0.25) is 15.9 Å². The highest BCUT2D eigenvalue weighted by atomic mass is 32.2. The molecule has 28 heavy (non-hydrogen) atoms. The molecule has 1 aromatic heterocycles. The number of thiazole rings is 1. The van der Waals surface area contributed by atoms with Crippen LogP contribution in [0, 0.1) is 6.92 Å². The molecule has 152 valence electrons. The normalized spacial score (nSPS) is 17.9. The van der Waals surface area contributed by atoms with Crippen molar-refractivity contribution in [3.05, 3.63) is 45.9 Å². The lowest BCUT2D eigenvalue weighted by molar-refractivity contribution is -0.124. The van der Waals surface area contributed by atoms with Gasteiger partial charge in [-0.3, -0.25) is 4.79 Å². The van der Waals surface area contributed by atoms with Crippen LogP contribution >= 0.6 is 11.3 Å². The molecule has 8 heteroatoms. The molecule has 1 N–H and O–H groups in total. The summed E-state index contributed by atoms with van der Waals surface area (Å²) in [5.74, 6) is 0.107. The number of nitrogens with zero attached hydrogens (tertiary/aromatic N) is 2. The van der Waals surface area contributed by atoms with Crippen LogP contribution in [0.2, 0.25) is 0 Å². The summed E-state index contributed by atoms with van der Waals surface area (Å²) in [5.41, 5.74) is 2.04. The predicted molar refractivity (Wildman–Crippen MR) is 111 cm³/mol. The van der Waals surface area contributed by atoms with Gasteiger partial charge >= 0.3 is 0 Å². The van der Waals surface area contributed by atoms with Gasteiger partial charge in [0.1, 0.15) is 6.04 Å². The van der Waals surface area contributed by atoms with Crippen molar-refractivity contribution in [2.75, 3.05) is 13.1 Å². The summed E-state index contributed by atoms with van der Waals surface area (Å²) in [6, 6.07) is 6.33. The third-order valence-corrected chi connectivity index (χ3v) is 7.75. The standard InChI is InChI=1S/C20H27N3O3S2/c1-14(2)16-6-8-18(9-7-16)28(25,26)23-12-4-5-19(23)20(24)21-11-10-17-13-27-15(3)22-17/h6-9,13-14,19H,4-5,10-12H2,1-3H3,(H,21,24)/t19-/m1/s1. The summed E-state index contributed by atoms with van der Waals surface area (Å²) in [6.07, 6.45) is 1.88. The summed E-state index contributed by atoms with van der Waals surface area (Å²) in [7, 11) is -3.69. The minimum absolute atomic E-state index is 0.230. The van der Waals surface area contributed by atoms with E-state index in [1.165, 1.54) is 4.31 Å². The van der Waals surface area contributed by atoms with E-state index < -0.39 is 16.1 Å². The maximum Gasteiger partial charge on any atom is 0.243 e. The zero-order chi connectivity index (χ0) is 20.3. The van der Waals surface area contributed by atoms with E-state index in [9.17, 15) is 13.2 Å². The molecular formula is C20H27N3O3S2.